The molecular formula is C18H20N2O3S. The average molecular weight is 344 g/mol. The maximum Gasteiger partial charge on any atom is 0.240 e. The van der Waals surface area contributed by atoms with E-state index in [-0.39, 0.29) is 23.3 Å². The second kappa shape index (κ2) is 6.75. The van der Waals surface area contributed by atoms with Crippen LogP contribution in [0.25, 0.3) is 0 Å². The lowest BCUT2D eigenvalue weighted by atomic mass is 10.1. The number of nitrogens with one attached hydrogen (secondary N) is 1. The highest BCUT2D eigenvalue weighted by molar-refractivity contribution is 7.89. The number of nitrogens with zero attached hydrogens (tertiary/aromatic N) is 1. The first-order valence-electron chi connectivity index (χ1n) is 7.87. The molecule has 0 saturated carbocycles. The zero-order chi connectivity index (χ0) is 17.2. The van der Waals surface area contributed by atoms with Gasteiger partial charge >= 0.3 is 0 Å². The fraction of sp³-hybridized carbons (Fsp3) is 0.278. The van der Waals surface area contributed by atoms with Crippen molar-refractivity contribution >= 4 is 21.6 Å². The van der Waals surface area contributed by atoms with E-state index in [1.165, 1.54) is 0 Å². The topological polar surface area (TPSA) is 66.5 Å². The predicted molar refractivity (Wildman–Crippen MR) is 93.3 cm³/mol. The van der Waals surface area contributed by atoms with Gasteiger partial charge in [0.25, 0.3) is 0 Å². The summed E-state index contributed by atoms with van der Waals surface area (Å²) in [6, 6.07) is 16.2. The third kappa shape index (κ3) is 3.66. The Bertz CT molecular complexity index is 817. The van der Waals surface area contributed by atoms with Crippen LogP contribution < -0.4 is 9.62 Å². The summed E-state index contributed by atoms with van der Waals surface area (Å²) in [4.78, 5) is 14.1. The lowest BCUT2D eigenvalue weighted by Gasteiger charge is -2.17. The molecule has 0 aliphatic carbocycles. The lowest BCUT2D eigenvalue weighted by Crippen LogP contribution is -2.31. The summed E-state index contributed by atoms with van der Waals surface area (Å²) in [6.07, 6.45) is 0.352. The lowest BCUT2D eigenvalue weighted by molar-refractivity contribution is -0.117. The van der Waals surface area contributed by atoms with Gasteiger partial charge in [0.1, 0.15) is 0 Å². The van der Waals surface area contributed by atoms with Crippen LogP contribution in [0, 0.1) is 12.8 Å². The molecule has 1 aliphatic heterocycles. The van der Waals surface area contributed by atoms with Gasteiger partial charge < -0.3 is 4.90 Å². The summed E-state index contributed by atoms with van der Waals surface area (Å²) in [5, 5.41) is 0. The first-order valence-corrected chi connectivity index (χ1v) is 9.36. The Labute approximate surface area is 142 Å². The van der Waals surface area contributed by atoms with Gasteiger partial charge in [0.05, 0.1) is 4.90 Å². The number of amides is 1. The van der Waals surface area contributed by atoms with Crippen molar-refractivity contribution in [1.82, 2.24) is 4.72 Å². The highest BCUT2D eigenvalue weighted by Crippen LogP contribution is 2.24. The van der Waals surface area contributed by atoms with Crippen molar-refractivity contribution in [2.45, 2.75) is 18.2 Å². The van der Waals surface area contributed by atoms with E-state index in [0.29, 0.717) is 13.0 Å². The van der Waals surface area contributed by atoms with Crippen LogP contribution in [-0.2, 0) is 14.8 Å². The number of carbonyl (C=O) groups excluding carboxylic acids is 1. The minimum atomic E-state index is -3.54. The van der Waals surface area contributed by atoms with Crippen LogP contribution in [0.2, 0.25) is 0 Å². The van der Waals surface area contributed by atoms with E-state index < -0.39 is 10.0 Å². The summed E-state index contributed by atoms with van der Waals surface area (Å²) < 4.78 is 27.3. The molecule has 1 aliphatic rings. The first kappa shape index (κ1) is 16.7. The molecule has 1 heterocycles. The Morgan fingerprint density at radius 1 is 1.08 bits per heavy atom. The zero-order valence-electron chi connectivity index (χ0n) is 13.5. The number of hydrogen-bond donors (Lipinski definition) is 1. The minimum Gasteiger partial charge on any atom is -0.312 e. The van der Waals surface area contributed by atoms with E-state index in [1.54, 1.807) is 29.2 Å². The van der Waals surface area contributed by atoms with Gasteiger partial charge in [0.2, 0.25) is 15.9 Å². The molecule has 1 saturated heterocycles. The summed E-state index contributed by atoms with van der Waals surface area (Å²) in [5.74, 6) is -0.00124. The van der Waals surface area contributed by atoms with Gasteiger partial charge in [-0.05, 0) is 37.1 Å². The Kier molecular flexibility index (Phi) is 4.69. The second-order valence-corrected chi connectivity index (χ2v) is 7.84. The standard InChI is InChI=1S/C18H20N2O3S/c1-14-7-9-17(10-8-14)24(22,23)19-12-15-11-18(21)20(13-15)16-5-3-2-4-6-16/h2-10,15,19H,11-13H2,1H3. The van der Waals surface area contributed by atoms with E-state index in [9.17, 15) is 13.2 Å². The van der Waals surface area contributed by atoms with Crippen LogP contribution in [0.15, 0.2) is 59.5 Å². The number of benzene rings is 2. The summed E-state index contributed by atoms with van der Waals surface area (Å²) in [7, 11) is -3.54. The van der Waals surface area contributed by atoms with Crippen LogP contribution in [0.3, 0.4) is 0 Å². The summed E-state index contributed by atoms with van der Waals surface area (Å²) in [6.45, 7) is 2.69. The fourth-order valence-electron chi connectivity index (χ4n) is 2.80. The first-order chi connectivity index (χ1) is 11.5. The number of rotatable bonds is 5. The molecule has 0 spiro atoms. The molecule has 2 aromatic carbocycles. The number of aryl methyl sites for hydroxylation is 1. The van der Waals surface area contributed by atoms with Crippen molar-refractivity contribution in [2.75, 3.05) is 18.0 Å². The van der Waals surface area contributed by atoms with Gasteiger partial charge in [-0.25, -0.2) is 13.1 Å². The van der Waals surface area contributed by atoms with Crippen molar-refractivity contribution in [2.24, 2.45) is 5.92 Å². The second-order valence-electron chi connectivity index (χ2n) is 6.07. The molecule has 1 fully saturated rings. The monoisotopic (exact) mass is 344 g/mol. The van der Waals surface area contributed by atoms with Gasteiger partial charge in [0.15, 0.2) is 0 Å². The van der Waals surface area contributed by atoms with Crippen LogP contribution in [0.4, 0.5) is 5.69 Å². The molecule has 2 aromatic rings. The molecule has 1 unspecified atom stereocenters. The molecular weight excluding hydrogens is 324 g/mol. The third-order valence-corrected chi connectivity index (χ3v) is 5.61. The molecule has 1 atom stereocenters. The minimum absolute atomic E-state index is 0.0285. The van der Waals surface area contributed by atoms with Crippen LogP contribution in [0.5, 0.6) is 0 Å². The fourth-order valence-corrected chi connectivity index (χ4v) is 3.92. The van der Waals surface area contributed by atoms with E-state index in [4.69, 9.17) is 0 Å². The highest BCUT2D eigenvalue weighted by Gasteiger charge is 2.31. The van der Waals surface area contributed by atoms with E-state index in [0.717, 1.165) is 11.3 Å². The number of carbonyl (C=O) groups is 1. The Morgan fingerprint density at radius 3 is 2.42 bits per heavy atom. The van der Waals surface area contributed by atoms with Gasteiger partial charge in [-0.2, -0.15) is 0 Å². The molecule has 24 heavy (non-hydrogen) atoms. The normalized spacial score (nSPS) is 18.1. The van der Waals surface area contributed by atoms with Crippen LogP contribution in [0.1, 0.15) is 12.0 Å². The quantitative estimate of drug-likeness (QED) is 0.905. The maximum atomic E-state index is 12.3. The molecule has 5 nitrogen and oxygen atoms in total. The molecule has 1 amide bonds. The van der Waals surface area contributed by atoms with E-state index in [2.05, 4.69) is 4.72 Å². The molecule has 1 N–H and O–H groups in total. The molecule has 0 aromatic heterocycles. The van der Waals surface area contributed by atoms with Gasteiger partial charge in [0, 0.05) is 25.2 Å². The third-order valence-electron chi connectivity index (χ3n) is 4.17. The molecule has 0 radical (unpaired) electrons. The van der Waals surface area contributed by atoms with Gasteiger partial charge in [-0.3, -0.25) is 4.79 Å². The molecule has 3 rings (SSSR count). The number of anilines is 1. The van der Waals surface area contributed by atoms with Crippen molar-refractivity contribution in [3.8, 4) is 0 Å². The van der Waals surface area contributed by atoms with Crippen LogP contribution in [-0.4, -0.2) is 27.4 Å². The largest absolute Gasteiger partial charge is 0.312 e. The van der Waals surface area contributed by atoms with Crippen molar-refractivity contribution in [3.63, 3.8) is 0 Å². The SMILES string of the molecule is Cc1ccc(S(=O)(=O)NCC2CC(=O)N(c3ccccc3)C2)cc1. The molecule has 0 bridgehead atoms. The maximum absolute atomic E-state index is 12.3. The molecule has 126 valence electrons. The van der Waals surface area contributed by atoms with Gasteiger partial charge in [-0.1, -0.05) is 35.9 Å². The highest BCUT2D eigenvalue weighted by atomic mass is 32.2. The summed E-state index contributed by atoms with van der Waals surface area (Å²) in [5.41, 5.74) is 1.86. The number of sulfonamides is 1. The zero-order valence-corrected chi connectivity index (χ0v) is 14.3. The van der Waals surface area contributed by atoms with E-state index >= 15 is 0 Å². The van der Waals surface area contributed by atoms with Crippen molar-refractivity contribution in [1.29, 1.82) is 0 Å². The van der Waals surface area contributed by atoms with Crippen molar-refractivity contribution < 1.29 is 13.2 Å². The van der Waals surface area contributed by atoms with Gasteiger partial charge in [-0.15, -0.1) is 0 Å². The van der Waals surface area contributed by atoms with E-state index in [1.807, 2.05) is 37.3 Å². The Hall–Kier alpha value is -2.18. The predicted octanol–water partition coefficient (Wildman–Crippen LogP) is 2.33. The molecule has 6 heteroatoms. The Morgan fingerprint density at radius 2 is 1.75 bits per heavy atom. The Balaban J connectivity index is 1.63. The van der Waals surface area contributed by atoms with Crippen molar-refractivity contribution in [3.05, 3.63) is 60.2 Å². The van der Waals surface area contributed by atoms with Crippen LogP contribution >= 0.6 is 0 Å². The number of para-hydroxylation sites is 1. The summed E-state index contributed by atoms with van der Waals surface area (Å²) >= 11 is 0. The number of hydrogen-bond acceptors (Lipinski definition) is 3. The smallest absolute Gasteiger partial charge is 0.240 e. The average Bonchev–Trinajstić information content (AvgIpc) is 2.95.